The molecule has 262 valence electrons. The molecule has 1 saturated carbocycles. The minimum atomic E-state index is -3.63. The molecule has 2 aromatic carbocycles. The Morgan fingerprint density at radius 1 is 0.725 bits per heavy atom. The predicted molar refractivity (Wildman–Crippen MR) is 189 cm³/mol. The zero-order valence-electron chi connectivity index (χ0n) is 26.8. The molecule has 4 aromatic heterocycles. The summed E-state index contributed by atoms with van der Waals surface area (Å²) in [6, 6.07) is 18.5. The summed E-state index contributed by atoms with van der Waals surface area (Å²) in [6.45, 7) is 3.17. The van der Waals surface area contributed by atoms with Gasteiger partial charge in [-0.05, 0) is 105 Å². The quantitative estimate of drug-likeness (QED) is 0.149. The van der Waals surface area contributed by atoms with Crippen LogP contribution < -0.4 is 10.6 Å². The molecule has 7 rings (SSSR count). The molecule has 1 aliphatic rings. The van der Waals surface area contributed by atoms with Crippen molar-refractivity contribution in [3.05, 3.63) is 94.2 Å². The zero-order chi connectivity index (χ0) is 35.9. The van der Waals surface area contributed by atoms with E-state index in [0.717, 1.165) is 9.75 Å². The Kier molecular flexibility index (Phi) is 9.17. The second-order valence-electron chi connectivity index (χ2n) is 11.9. The molecule has 2 N–H and O–H groups in total. The number of hydrogen-bond donors (Lipinski definition) is 2. The second-order valence-corrected chi connectivity index (χ2v) is 18.7. The number of sulfone groups is 2. The maximum atomic E-state index is 13.4. The average molecular weight is 765 g/mol. The van der Waals surface area contributed by atoms with E-state index < -0.39 is 42.0 Å². The van der Waals surface area contributed by atoms with E-state index in [1.54, 1.807) is 19.9 Å². The molecule has 2 amide bonds. The van der Waals surface area contributed by atoms with Gasteiger partial charge in [-0.2, -0.15) is 0 Å². The van der Waals surface area contributed by atoms with Gasteiger partial charge in [0.2, 0.25) is 0 Å². The highest BCUT2D eigenvalue weighted by Crippen LogP contribution is 2.46. The summed E-state index contributed by atoms with van der Waals surface area (Å²) < 4.78 is 62.6. The fourth-order valence-corrected chi connectivity index (χ4v) is 9.91. The van der Waals surface area contributed by atoms with Gasteiger partial charge in [0, 0.05) is 16.0 Å². The van der Waals surface area contributed by atoms with Crippen LogP contribution in [0.3, 0.4) is 0 Å². The van der Waals surface area contributed by atoms with E-state index in [1.165, 1.54) is 71.2 Å². The van der Waals surface area contributed by atoms with Crippen molar-refractivity contribution in [2.45, 2.75) is 52.9 Å². The third-order valence-corrected chi connectivity index (χ3v) is 14.8. The molecule has 0 saturated heterocycles. The summed E-state index contributed by atoms with van der Waals surface area (Å²) >= 11 is 2.82. The molecular weight excluding hydrogens is 737 g/mol. The fraction of sp³-hybridized carbons (Fsp3) is 0.212. The van der Waals surface area contributed by atoms with E-state index in [1.807, 2.05) is 23.6 Å². The molecular formula is C33H28N6O8S4. The summed E-state index contributed by atoms with van der Waals surface area (Å²) in [5, 5.41) is 21.5. The van der Waals surface area contributed by atoms with Gasteiger partial charge in [-0.3, -0.25) is 20.2 Å². The van der Waals surface area contributed by atoms with Crippen molar-refractivity contribution in [1.29, 1.82) is 0 Å². The summed E-state index contributed by atoms with van der Waals surface area (Å²) in [7, 11) is -7.10. The Bertz CT molecular complexity index is 2430. The van der Waals surface area contributed by atoms with Gasteiger partial charge in [0.1, 0.15) is 0 Å². The van der Waals surface area contributed by atoms with Crippen LogP contribution in [0.1, 0.15) is 58.2 Å². The number of rotatable bonds is 11. The first-order valence-corrected chi connectivity index (χ1v) is 20.3. The molecule has 0 unspecified atom stereocenters. The number of hydrogen-bond acceptors (Lipinski definition) is 14. The highest BCUT2D eigenvalue weighted by atomic mass is 32.2. The van der Waals surface area contributed by atoms with Crippen molar-refractivity contribution in [3.8, 4) is 21.5 Å². The van der Waals surface area contributed by atoms with Crippen LogP contribution in [0.4, 0.5) is 12.0 Å². The van der Waals surface area contributed by atoms with Gasteiger partial charge in [0.05, 0.1) is 30.0 Å². The highest BCUT2D eigenvalue weighted by molar-refractivity contribution is 7.92. The van der Waals surface area contributed by atoms with Gasteiger partial charge in [0.15, 0.2) is 19.7 Å². The van der Waals surface area contributed by atoms with E-state index in [2.05, 4.69) is 31.0 Å². The van der Waals surface area contributed by atoms with Gasteiger partial charge in [-0.15, -0.1) is 32.9 Å². The second kappa shape index (κ2) is 13.6. The van der Waals surface area contributed by atoms with E-state index in [4.69, 9.17) is 8.83 Å². The number of anilines is 2. The number of carbonyl (C=O) groups is 2. The number of nitrogens with one attached hydrogen (secondary N) is 2. The third kappa shape index (κ3) is 6.99. The van der Waals surface area contributed by atoms with E-state index in [0.29, 0.717) is 17.7 Å². The predicted octanol–water partition coefficient (Wildman–Crippen LogP) is 6.32. The lowest BCUT2D eigenvalue weighted by molar-refractivity contribution is 0.101. The topological polar surface area (TPSA) is 204 Å². The molecule has 14 nitrogen and oxygen atoms in total. The van der Waals surface area contributed by atoms with Crippen LogP contribution in [0.25, 0.3) is 21.5 Å². The molecule has 0 bridgehead atoms. The van der Waals surface area contributed by atoms with Crippen LogP contribution in [0.15, 0.2) is 96.8 Å². The van der Waals surface area contributed by atoms with Crippen molar-refractivity contribution in [2.24, 2.45) is 0 Å². The highest BCUT2D eigenvalue weighted by Gasteiger charge is 2.41. The van der Waals surface area contributed by atoms with Crippen molar-refractivity contribution >= 4 is 66.2 Å². The van der Waals surface area contributed by atoms with Gasteiger partial charge < -0.3 is 8.83 Å². The molecule has 51 heavy (non-hydrogen) atoms. The molecule has 1 fully saturated rings. The Morgan fingerprint density at radius 3 is 1.80 bits per heavy atom. The molecule has 1 aliphatic carbocycles. The van der Waals surface area contributed by atoms with Crippen LogP contribution >= 0.6 is 22.7 Å². The number of thiophene rings is 2. The smallest absolute Gasteiger partial charge is 0.322 e. The molecule has 0 spiro atoms. The normalized spacial score (nSPS) is 16.1. The molecule has 0 atom stereocenters. The van der Waals surface area contributed by atoms with Crippen molar-refractivity contribution in [1.82, 2.24) is 20.4 Å². The largest absolute Gasteiger partial charge is 0.402 e. The number of nitrogens with zero attached hydrogens (tertiary/aromatic N) is 4. The molecule has 6 aromatic rings. The maximum absolute atomic E-state index is 13.4. The van der Waals surface area contributed by atoms with Crippen LogP contribution in [0.5, 0.6) is 0 Å². The molecule has 0 radical (unpaired) electrons. The Hall–Kier alpha value is -5.04. The van der Waals surface area contributed by atoms with E-state index in [9.17, 15) is 26.4 Å². The average Bonchev–Trinajstić information content (AvgIpc) is 3.92. The monoisotopic (exact) mass is 764 g/mol. The Balaban J connectivity index is 0.928. The first kappa shape index (κ1) is 34.4. The molecule has 4 heterocycles. The fourth-order valence-electron chi connectivity index (χ4n) is 5.28. The number of carbonyl (C=O) groups excluding carboxylic acids is 2. The van der Waals surface area contributed by atoms with Crippen molar-refractivity contribution < 1.29 is 35.3 Å². The number of benzene rings is 2. The minimum absolute atomic E-state index is 0.0200. The molecule has 18 heteroatoms. The van der Waals surface area contributed by atoms with Gasteiger partial charge in [-0.1, -0.05) is 16.3 Å². The third-order valence-electron chi connectivity index (χ3n) is 8.31. The van der Waals surface area contributed by atoms with Gasteiger partial charge in [-0.25, -0.2) is 16.8 Å². The SMILES string of the molecule is CC(C)S(=O)(=O)c1ccc(C(=O)Nc2nnc(-c3ccc(C4CC(S(=O)(=O)c5ccc(C(=O)Nc6nnc(-c7cccs7)o6)cc5)C4)s3)o2)cc1. The number of aromatic nitrogens is 4. The molecule has 0 aliphatic heterocycles. The van der Waals surface area contributed by atoms with Gasteiger partial charge >= 0.3 is 12.0 Å². The van der Waals surface area contributed by atoms with Gasteiger partial charge in [0.25, 0.3) is 23.6 Å². The lowest BCUT2D eigenvalue weighted by Gasteiger charge is -2.34. The van der Waals surface area contributed by atoms with Crippen molar-refractivity contribution in [2.75, 3.05) is 10.6 Å². The van der Waals surface area contributed by atoms with Crippen molar-refractivity contribution in [3.63, 3.8) is 0 Å². The lowest BCUT2D eigenvalue weighted by atomic mass is 9.84. The van der Waals surface area contributed by atoms with Crippen LogP contribution in [0.2, 0.25) is 0 Å². The standard InChI is InChI=1S/C33H28N6O8S4/c1-18(2)50(42,43)22-9-5-19(6-10-22)28(40)35-33-39-37-31(47-33)27-14-13-25(49-27)21-16-24(17-21)51(44,45)23-11-7-20(8-12-23)29(41)34-32-38-36-30(46-32)26-4-3-15-48-26/h3-15,18,21,24H,16-17H2,1-2H3,(H,34,38,41)(H,35,39,40). The summed E-state index contributed by atoms with van der Waals surface area (Å²) in [5.74, 6) is -0.563. The van der Waals surface area contributed by atoms with Crippen LogP contribution in [0, 0.1) is 0 Å². The van der Waals surface area contributed by atoms with Crippen LogP contribution in [-0.4, -0.2) is 59.5 Å². The Labute approximate surface area is 299 Å². The van der Waals surface area contributed by atoms with E-state index >= 15 is 0 Å². The minimum Gasteiger partial charge on any atom is -0.402 e. The maximum Gasteiger partial charge on any atom is 0.322 e. The van der Waals surface area contributed by atoms with Crippen LogP contribution in [-0.2, 0) is 19.7 Å². The lowest BCUT2D eigenvalue weighted by Crippen LogP contribution is -2.34. The number of amides is 2. The zero-order valence-corrected chi connectivity index (χ0v) is 30.1. The summed E-state index contributed by atoms with van der Waals surface area (Å²) in [6.07, 6.45) is 0.854. The first-order valence-electron chi connectivity index (χ1n) is 15.5. The Morgan fingerprint density at radius 2 is 1.27 bits per heavy atom. The summed E-state index contributed by atoms with van der Waals surface area (Å²) in [4.78, 5) is 28.0. The summed E-state index contributed by atoms with van der Waals surface area (Å²) in [5.41, 5.74) is 0.454. The van der Waals surface area contributed by atoms with E-state index in [-0.39, 0.29) is 50.6 Å². The first-order chi connectivity index (χ1) is 24.4.